The number of hydrogen-bond acceptors (Lipinski definition) is 5. The van der Waals surface area contributed by atoms with Crippen LogP contribution in [0.5, 0.6) is 0 Å². The lowest BCUT2D eigenvalue weighted by molar-refractivity contribution is -0.160. The van der Waals surface area contributed by atoms with Crippen molar-refractivity contribution in [1.82, 2.24) is 0 Å². The molecule has 4 fully saturated rings. The van der Waals surface area contributed by atoms with Crippen molar-refractivity contribution in [2.75, 3.05) is 0 Å². The van der Waals surface area contributed by atoms with Crippen LogP contribution >= 0.6 is 0 Å². The van der Waals surface area contributed by atoms with E-state index >= 15 is 0 Å². The number of Topliss-reactive ketones (excluding diaryl/α,β-unsaturated/α-hetero) is 1. The maximum atomic E-state index is 13.3. The van der Waals surface area contributed by atoms with E-state index in [1.54, 1.807) is 0 Å². The van der Waals surface area contributed by atoms with Gasteiger partial charge >= 0.3 is 0 Å². The molecule has 4 aliphatic carbocycles. The molecule has 0 saturated heterocycles. The van der Waals surface area contributed by atoms with E-state index in [2.05, 4.69) is 20.8 Å². The third-order valence-electron chi connectivity index (χ3n) is 10.8. The molecule has 0 aromatic carbocycles. The first kappa shape index (κ1) is 24.6. The predicted octanol–water partition coefficient (Wildman–Crippen LogP) is 3.56. The molecule has 5 nitrogen and oxygen atoms in total. The minimum absolute atomic E-state index is 0.000396. The molecular formula is C27H46O5. The van der Waals surface area contributed by atoms with Crippen LogP contribution < -0.4 is 0 Å². The monoisotopic (exact) mass is 450 g/mol. The Kier molecular flexibility index (Phi) is 6.64. The van der Waals surface area contributed by atoms with Crippen molar-refractivity contribution in [3.05, 3.63) is 0 Å². The first-order valence-electron chi connectivity index (χ1n) is 13.1. The van der Waals surface area contributed by atoms with Crippen LogP contribution in [0, 0.1) is 52.3 Å². The molecule has 32 heavy (non-hydrogen) atoms. The minimum Gasteiger partial charge on any atom is -0.393 e. The summed E-state index contributed by atoms with van der Waals surface area (Å²) in [6.45, 7) is 10.6. The molecule has 4 N–H and O–H groups in total. The second kappa shape index (κ2) is 8.62. The number of fused-ring (bicyclic) bond motifs is 5. The SMILES string of the molecule is CC(C)[C@H](O)[C@H](O)C[C@@H](C)[C@H]1[C@@H](O)C[C@H]2[C@@H]3CC(=O)[C@H]4C[C@@H](O)CC[C@]4(C)[C@@H]3CC[C@]12C. The number of rotatable bonds is 5. The number of ketones is 1. The van der Waals surface area contributed by atoms with Crippen LogP contribution in [0.1, 0.15) is 86.0 Å². The van der Waals surface area contributed by atoms with E-state index in [0.717, 1.165) is 32.1 Å². The average molecular weight is 451 g/mol. The Balaban J connectivity index is 1.56. The summed E-state index contributed by atoms with van der Waals surface area (Å²) in [5.74, 6) is 1.64. The summed E-state index contributed by atoms with van der Waals surface area (Å²) in [5, 5.41) is 42.4. The summed E-state index contributed by atoms with van der Waals surface area (Å²) in [7, 11) is 0. The van der Waals surface area contributed by atoms with Crippen molar-refractivity contribution in [3.8, 4) is 0 Å². The van der Waals surface area contributed by atoms with E-state index in [1.165, 1.54) is 0 Å². The molecule has 0 aromatic heterocycles. The van der Waals surface area contributed by atoms with Gasteiger partial charge in [-0.3, -0.25) is 4.79 Å². The summed E-state index contributed by atoms with van der Waals surface area (Å²) in [4.78, 5) is 13.3. The molecule has 0 amide bonds. The maximum Gasteiger partial charge on any atom is 0.136 e. The fraction of sp³-hybridized carbons (Fsp3) is 0.963. The van der Waals surface area contributed by atoms with Crippen LogP contribution in [0.2, 0.25) is 0 Å². The Labute approximate surface area is 194 Å². The zero-order valence-electron chi connectivity index (χ0n) is 20.7. The molecule has 184 valence electrons. The van der Waals surface area contributed by atoms with Gasteiger partial charge in [0.05, 0.1) is 24.4 Å². The summed E-state index contributed by atoms with van der Waals surface area (Å²) >= 11 is 0. The molecule has 4 rings (SSSR count). The van der Waals surface area contributed by atoms with Gasteiger partial charge in [-0.15, -0.1) is 0 Å². The van der Waals surface area contributed by atoms with Crippen molar-refractivity contribution in [1.29, 1.82) is 0 Å². The highest BCUT2D eigenvalue weighted by molar-refractivity contribution is 5.83. The summed E-state index contributed by atoms with van der Waals surface area (Å²) in [6.07, 6.45) is 4.03. The van der Waals surface area contributed by atoms with E-state index < -0.39 is 18.3 Å². The average Bonchev–Trinajstić information content (AvgIpc) is 2.99. The molecule has 0 bridgehead atoms. The van der Waals surface area contributed by atoms with E-state index in [1.807, 2.05) is 13.8 Å². The van der Waals surface area contributed by atoms with E-state index in [0.29, 0.717) is 42.8 Å². The number of aliphatic hydroxyl groups excluding tert-OH is 4. The number of hydrogen-bond donors (Lipinski definition) is 4. The van der Waals surface area contributed by atoms with Gasteiger partial charge in [0, 0.05) is 12.3 Å². The van der Waals surface area contributed by atoms with Crippen molar-refractivity contribution in [2.24, 2.45) is 52.3 Å². The molecule has 4 aliphatic rings. The number of carbonyl (C=O) groups is 1. The molecule has 12 atom stereocenters. The molecule has 0 radical (unpaired) electrons. The molecule has 0 unspecified atom stereocenters. The Morgan fingerprint density at radius 3 is 2.28 bits per heavy atom. The van der Waals surface area contributed by atoms with Gasteiger partial charge in [0.15, 0.2) is 0 Å². The Hall–Kier alpha value is -0.490. The molecule has 0 heterocycles. The highest BCUT2D eigenvalue weighted by Gasteiger charge is 2.64. The minimum atomic E-state index is -0.777. The maximum absolute atomic E-state index is 13.3. The van der Waals surface area contributed by atoms with Gasteiger partial charge in [-0.2, -0.15) is 0 Å². The standard InChI is InChI=1S/C27H46O5/c1-14(2)25(32)23(31)10-15(3)24-22(30)13-19-17-12-21(29)20-11-16(28)6-8-26(20,4)18(17)7-9-27(19,24)5/h14-20,22-25,28,30-32H,6-13H2,1-5H3/t15-,16+,17-,18-,19+,20-,22+,23-,24+,25+,26-,27+/m1/s1. The fourth-order valence-corrected chi connectivity index (χ4v) is 9.21. The van der Waals surface area contributed by atoms with Crippen molar-refractivity contribution >= 4 is 5.78 Å². The van der Waals surface area contributed by atoms with Crippen LogP contribution in [0.15, 0.2) is 0 Å². The van der Waals surface area contributed by atoms with E-state index in [9.17, 15) is 25.2 Å². The van der Waals surface area contributed by atoms with Gasteiger partial charge in [0.1, 0.15) is 5.78 Å². The Morgan fingerprint density at radius 1 is 0.969 bits per heavy atom. The summed E-state index contributed by atoms with van der Waals surface area (Å²) < 4.78 is 0. The quantitative estimate of drug-likeness (QED) is 0.513. The zero-order valence-corrected chi connectivity index (χ0v) is 20.7. The van der Waals surface area contributed by atoms with Crippen LogP contribution in [-0.2, 0) is 4.79 Å². The molecule has 0 aromatic rings. The third-order valence-corrected chi connectivity index (χ3v) is 10.8. The lowest BCUT2D eigenvalue weighted by Crippen LogP contribution is -2.57. The van der Waals surface area contributed by atoms with E-state index in [-0.39, 0.29) is 40.6 Å². The smallest absolute Gasteiger partial charge is 0.136 e. The summed E-state index contributed by atoms with van der Waals surface area (Å²) in [5.41, 5.74) is -0.0626. The van der Waals surface area contributed by atoms with E-state index in [4.69, 9.17) is 0 Å². The van der Waals surface area contributed by atoms with Crippen LogP contribution in [0.25, 0.3) is 0 Å². The van der Waals surface area contributed by atoms with Gasteiger partial charge in [-0.1, -0.05) is 34.6 Å². The van der Waals surface area contributed by atoms with Crippen LogP contribution in [0.4, 0.5) is 0 Å². The number of aliphatic hydroxyl groups is 4. The van der Waals surface area contributed by atoms with Crippen LogP contribution in [0.3, 0.4) is 0 Å². The zero-order chi connectivity index (χ0) is 23.6. The first-order valence-corrected chi connectivity index (χ1v) is 13.1. The highest BCUT2D eigenvalue weighted by atomic mass is 16.3. The second-order valence-corrected chi connectivity index (χ2v) is 12.9. The fourth-order valence-electron chi connectivity index (χ4n) is 9.21. The van der Waals surface area contributed by atoms with Gasteiger partial charge in [-0.05, 0) is 91.3 Å². The normalized spacial score (nSPS) is 49.2. The van der Waals surface area contributed by atoms with Gasteiger partial charge in [0.2, 0.25) is 0 Å². The lowest BCUT2D eigenvalue weighted by atomic mass is 9.44. The predicted molar refractivity (Wildman–Crippen MR) is 124 cm³/mol. The highest BCUT2D eigenvalue weighted by Crippen LogP contribution is 2.67. The Bertz CT molecular complexity index is 708. The van der Waals surface area contributed by atoms with Crippen molar-refractivity contribution in [3.63, 3.8) is 0 Å². The van der Waals surface area contributed by atoms with Gasteiger partial charge in [0.25, 0.3) is 0 Å². The molecule has 4 saturated carbocycles. The summed E-state index contributed by atoms with van der Waals surface area (Å²) in [6, 6.07) is 0. The first-order chi connectivity index (χ1) is 14.9. The lowest BCUT2D eigenvalue weighted by Gasteiger charge is -2.60. The van der Waals surface area contributed by atoms with Crippen molar-refractivity contribution in [2.45, 2.75) is 110 Å². The third kappa shape index (κ3) is 3.79. The molecule has 0 aliphatic heterocycles. The molecule has 0 spiro atoms. The van der Waals surface area contributed by atoms with Gasteiger partial charge < -0.3 is 20.4 Å². The van der Waals surface area contributed by atoms with Gasteiger partial charge in [-0.25, -0.2) is 0 Å². The topological polar surface area (TPSA) is 98.0 Å². The molecule has 5 heteroatoms. The second-order valence-electron chi connectivity index (χ2n) is 12.9. The molecular weight excluding hydrogens is 404 g/mol. The number of carbonyl (C=O) groups excluding carboxylic acids is 1. The van der Waals surface area contributed by atoms with Crippen molar-refractivity contribution < 1.29 is 25.2 Å². The largest absolute Gasteiger partial charge is 0.393 e. The Morgan fingerprint density at radius 2 is 1.62 bits per heavy atom. The van der Waals surface area contributed by atoms with Crippen LogP contribution in [-0.4, -0.2) is 50.6 Å².